The van der Waals surface area contributed by atoms with E-state index in [2.05, 4.69) is 26.8 Å². The van der Waals surface area contributed by atoms with Crippen LogP contribution in [0.4, 0.5) is 0 Å². The number of hydrogen-bond acceptors (Lipinski definition) is 2. The SMILES string of the molecule is C[C@@]1(C(=O)NNC(=O)[C@@H]2C[C@@H]2c2ccccc2)C[C@H]1Br. The van der Waals surface area contributed by atoms with Crippen LogP contribution in [0.3, 0.4) is 0 Å². The Kier molecular flexibility index (Phi) is 3.32. The average molecular weight is 337 g/mol. The van der Waals surface area contributed by atoms with Crippen LogP contribution in [-0.4, -0.2) is 16.6 Å². The number of halogens is 1. The first kappa shape index (κ1) is 13.6. The Morgan fingerprint density at radius 1 is 1.25 bits per heavy atom. The van der Waals surface area contributed by atoms with Gasteiger partial charge in [0.05, 0.1) is 5.41 Å². The maximum atomic E-state index is 12.0. The third-order valence-corrected chi connectivity index (χ3v) is 5.64. The van der Waals surface area contributed by atoms with E-state index in [4.69, 9.17) is 0 Å². The molecule has 4 nitrogen and oxygen atoms in total. The summed E-state index contributed by atoms with van der Waals surface area (Å²) in [6.45, 7) is 1.89. The molecule has 5 heteroatoms. The summed E-state index contributed by atoms with van der Waals surface area (Å²) in [5.74, 6) is 0.0465. The number of carbonyl (C=O) groups excluding carboxylic acids is 2. The quantitative estimate of drug-likeness (QED) is 0.656. The molecule has 2 fully saturated rings. The Morgan fingerprint density at radius 2 is 1.90 bits per heavy atom. The lowest BCUT2D eigenvalue weighted by Crippen LogP contribution is -2.46. The van der Waals surface area contributed by atoms with Gasteiger partial charge in [-0.3, -0.25) is 20.4 Å². The summed E-state index contributed by atoms with van der Waals surface area (Å²) in [5.41, 5.74) is 5.90. The molecule has 4 atom stereocenters. The van der Waals surface area contributed by atoms with Gasteiger partial charge in [-0.2, -0.15) is 0 Å². The number of rotatable bonds is 3. The van der Waals surface area contributed by atoms with Gasteiger partial charge in [0, 0.05) is 10.7 Å². The van der Waals surface area contributed by atoms with Crippen LogP contribution < -0.4 is 10.9 Å². The lowest BCUT2D eigenvalue weighted by Gasteiger charge is -2.11. The highest BCUT2D eigenvalue weighted by molar-refractivity contribution is 9.09. The van der Waals surface area contributed by atoms with E-state index < -0.39 is 0 Å². The average Bonchev–Trinajstić information content (AvgIpc) is 3.35. The van der Waals surface area contributed by atoms with E-state index in [-0.39, 0.29) is 33.9 Å². The maximum absolute atomic E-state index is 12.0. The molecule has 0 saturated heterocycles. The summed E-state index contributed by atoms with van der Waals surface area (Å²) in [6, 6.07) is 10.0. The van der Waals surface area contributed by atoms with E-state index >= 15 is 0 Å². The Hall–Kier alpha value is -1.36. The second-order valence-corrected chi connectivity index (χ2v) is 7.00. The van der Waals surface area contributed by atoms with Crippen LogP contribution in [0.2, 0.25) is 0 Å². The van der Waals surface area contributed by atoms with Crippen LogP contribution in [-0.2, 0) is 9.59 Å². The molecule has 1 aromatic carbocycles. The summed E-state index contributed by atoms with van der Waals surface area (Å²) in [7, 11) is 0. The van der Waals surface area contributed by atoms with Crippen molar-refractivity contribution in [1.29, 1.82) is 0 Å². The molecule has 2 N–H and O–H groups in total. The fraction of sp³-hybridized carbons (Fsp3) is 0.467. The van der Waals surface area contributed by atoms with Gasteiger partial charge < -0.3 is 0 Å². The molecule has 0 unspecified atom stereocenters. The van der Waals surface area contributed by atoms with E-state index in [0.29, 0.717) is 0 Å². The van der Waals surface area contributed by atoms with Crippen molar-refractivity contribution in [3.8, 4) is 0 Å². The first-order chi connectivity index (χ1) is 9.52. The zero-order valence-electron chi connectivity index (χ0n) is 11.2. The van der Waals surface area contributed by atoms with Crippen LogP contribution in [0.25, 0.3) is 0 Å². The Balaban J connectivity index is 1.49. The van der Waals surface area contributed by atoms with Gasteiger partial charge in [-0.15, -0.1) is 0 Å². The van der Waals surface area contributed by atoms with Gasteiger partial charge in [0.15, 0.2) is 0 Å². The van der Waals surface area contributed by atoms with Gasteiger partial charge in [-0.1, -0.05) is 46.3 Å². The smallest absolute Gasteiger partial charge is 0.245 e. The zero-order valence-corrected chi connectivity index (χ0v) is 12.8. The first-order valence-electron chi connectivity index (χ1n) is 6.81. The standard InChI is InChI=1S/C15H17BrN2O2/c1-15(8-12(15)16)14(20)18-17-13(19)11-7-10(11)9-5-3-2-4-6-9/h2-6,10-12H,7-8H2,1H3,(H,17,19)(H,18,20)/t10-,11-,12-,15-/m1/s1. The van der Waals surface area contributed by atoms with Gasteiger partial charge >= 0.3 is 0 Å². The van der Waals surface area contributed by atoms with Crippen LogP contribution >= 0.6 is 15.9 Å². The minimum absolute atomic E-state index is 0.0236. The van der Waals surface area contributed by atoms with Crippen molar-refractivity contribution in [2.45, 2.75) is 30.5 Å². The molecule has 106 valence electrons. The van der Waals surface area contributed by atoms with Crippen LogP contribution in [0.1, 0.15) is 31.2 Å². The van der Waals surface area contributed by atoms with Crippen LogP contribution in [0, 0.1) is 11.3 Å². The van der Waals surface area contributed by atoms with Crippen LogP contribution in [0.5, 0.6) is 0 Å². The third-order valence-electron chi connectivity index (χ3n) is 4.31. The number of hydrogen-bond donors (Lipinski definition) is 2. The van der Waals surface area contributed by atoms with Gasteiger partial charge in [0.25, 0.3) is 0 Å². The number of benzene rings is 1. The van der Waals surface area contributed by atoms with E-state index in [1.54, 1.807) is 0 Å². The lowest BCUT2D eigenvalue weighted by atomic mass is 10.1. The normalized spacial score (nSPS) is 34.2. The molecule has 0 spiro atoms. The molecule has 20 heavy (non-hydrogen) atoms. The Bertz CT molecular complexity index is 548. The van der Waals surface area contributed by atoms with Crippen molar-refractivity contribution >= 4 is 27.7 Å². The van der Waals surface area contributed by atoms with Gasteiger partial charge in [0.1, 0.15) is 0 Å². The summed E-state index contributed by atoms with van der Waals surface area (Å²) < 4.78 is 0. The predicted octanol–water partition coefficient (Wildman–Crippen LogP) is 2.11. The third kappa shape index (κ3) is 2.46. The molecule has 0 heterocycles. The van der Waals surface area contributed by atoms with E-state index in [1.165, 1.54) is 5.56 Å². The van der Waals surface area contributed by atoms with Crippen molar-refractivity contribution in [3.63, 3.8) is 0 Å². The topological polar surface area (TPSA) is 58.2 Å². The van der Waals surface area contributed by atoms with Gasteiger partial charge in [-0.25, -0.2) is 0 Å². The molecule has 2 saturated carbocycles. The fourth-order valence-corrected chi connectivity index (χ4v) is 3.34. The Morgan fingerprint density at radius 3 is 2.50 bits per heavy atom. The van der Waals surface area contributed by atoms with Crippen LogP contribution in [0.15, 0.2) is 30.3 Å². The molecule has 2 amide bonds. The predicted molar refractivity (Wildman–Crippen MR) is 79.0 cm³/mol. The lowest BCUT2D eigenvalue weighted by molar-refractivity contribution is -0.132. The summed E-state index contributed by atoms with van der Waals surface area (Å²) in [4.78, 5) is 24.1. The maximum Gasteiger partial charge on any atom is 0.245 e. The number of alkyl halides is 1. The van der Waals surface area contributed by atoms with Crippen molar-refractivity contribution in [3.05, 3.63) is 35.9 Å². The molecule has 2 aliphatic rings. The van der Waals surface area contributed by atoms with Crippen molar-refractivity contribution in [2.24, 2.45) is 11.3 Å². The number of nitrogens with one attached hydrogen (secondary N) is 2. The van der Waals surface area contributed by atoms with Gasteiger partial charge in [-0.05, 0) is 31.2 Å². The fourth-order valence-electron chi connectivity index (χ4n) is 2.46. The molecule has 0 aliphatic heterocycles. The minimum Gasteiger partial charge on any atom is -0.273 e. The van der Waals surface area contributed by atoms with Crippen molar-refractivity contribution in [1.82, 2.24) is 10.9 Å². The first-order valence-corrected chi connectivity index (χ1v) is 7.73. The summed E-state index contributed by atoms with van der Waals surface area (Å²) in [6.07, 6.45) is 1.66. The molecule has 0 aromatic heterocycles. The minimum atomic E-state index is -0.379. The number of amides is 2. The molecule has 0 radical (unpaired) electrons. The molecular formula is C15H17BrN2O2. The number of hydrazine groups is 1. The molecule has 2 aliphatic carbocycles. The second kappa shape index (κ2) is 4.88. The highest BCUT2D eigenvalue weighted by Gasteiger charge is 2.55. The highest BCUT2D eigenvalue weighted by Crippen LogP contribution is 2.51. The molecule has 1 aromatic rings. The highest BCUT2D eigenvalue weighted by atomic mass is 79.9. The Labute approximate surface area is 126 Å². The largest absolute Gasteiger partial charge is 0.273 e. The molecular weight excluding hydrogens is 320 g/mol. The summed E-state index contributed by atoms with van der Waals surface area (Å²) >= 11 is 3.42. The van der Waals surface area contributed by atoms with E-state index in [0.717, 1.165) is 12.8 Å². The van der Waals surface area contributed by atoms with Crippen molar-refractivity contribution in [2.75, 3.05) is 0 Å². The van der Waals surface area contributed by atoms with Crippen molar-refractivity contribution < 1.29 is 9.59 Å². The molecule has 0 bridgehead atoms. The number of carbonyl (C=O) groups is 2. The summed E-state index contributed by atoms with van der Waals surface area (Å²) in [5, 5.41) is 0. The second-order valence-electron chi connectivity index (χ2n) is 5.89. The monoisotopic (exact) mass is 336 g/mol. The van der Waals surface area contributed by atoms with Gasteiger partial charge in [0.2, 0.25) is 11.8 Å². The molecule has 3 rings (SSSR count). The zero-order chi connectivity index (χ0) is 14.3. The van der Waals surface area contributed by atoms with E-state index in [1.807, 2.05) is 37.3 Å². The van der Waals surface area contributed by atoms with E-state index in [9.17, 15) is 9.59 Å².